The highest BCUT2D eigenvalue weighted by molar-refractivity contribution is 5.91. The fourth-order valence-corrected chi connectivity index (χ4v) is 3.23. The van der Waals surface area contributed by atoms with Crippen molar-refractivity contribution in [3.8, 4) is 5.75 Å². The summed E-state index contributed by atoms with van der Waals surface area (Å²) in [5.41, 5.74) is 9.91. The number of anilines is 2. The van der Waals surface area contributed by atoms with Gasteiger partial charge in [0.25, 0.3) is 0 Å². The molecule has 0 fully saturated rings. The van der Waals surface area contributed by atoms with E-state index in [4.69, 9.17) is 10.5 Å². The van der Waals surface area contributed by atoms with E-state index in [1.807, 2.05) is 6.07 Å². The van der Waals surface area contributed by atoms with E-state index >= 15 is 0 Å². The molecule has 0 radical (unpaired) electrons. The second kappa shape index (κ2) is 8.06. The van der Waals surface area contributed by atoms with Crippen LogP contribution in [0.1, 0.15) is 24.0 Å². The number of carbonyl (C=O) groups is 1. The zero-order valence-electron chi connectivity index (χ0n) is 13.7. The zero-order chi connectivity index (χ0) is 16.2. The molecule has 0 heterocycles. The normalized spacial score (nSPS) is 15.8. The summed E-state index contributed by atoms with van der Waals surface area (Å²) in [7, 11) is 1.57. The molecule has 0 saturated carbocycles. The first kappa shape index (κ1) is 18.1. The summed E-state index contributed by atoms with van der Waals surface area (Å²) in [5.74, 6) is 1.06. The van der Waals surface area contributed by atoms with Crippen molar-refractivity contribution in [1.82, 2.24) is 0 Å². The number of nitrogen functional groups attached to an aromatic ring is 1. The van der Waals surface area contributed by atoms with Crippen molar-refractivity contribution in [3.05, 3.63) is 53.6 Å². The van der Waals surface area contributed by atoms with Crippen molar-refractivity contribution in [2.24, 2.45) is 5.92 Å². The van der Waals surface area contributed by atoms with Crippen molar-refractivity contribution in [3.63, 3.8) is 0 Å². The summed E-state index contributed by atoms with van der Waals surface area (Å²) in [5, 5.41) is 2.93. The molecule has 4 nitrogen and oxygen atoms in total. The predicted molar refractivity (Wildman–Crippen MR) is 99.9 cm³/mol. The molecule has 0 aromatic heterocycles. The molecule has 0 aliphatic heterocycles. The second-order valence-corrected chi connectivity index (χ2v) is 6.09. The minimum atomic E-state index is 0. The first-order valence-electron chi connectivity index (χ1n) is 7.96. The molecule has 1 unspecified atom stereocenters. The van der Waals surface area contributed by atoms with Gasteiger partial charge in [0.1, 0.15) is 5.75 Å². The van der Waals surface area contributed by atoms with Crippen LogP contribution < -0.4 is 15.8 Å². The smallest absolute Gasteiger partial charge is 0.224 e. The molecule has 128 valence electrons. The molecular formula is C19H23ClN2O2. The molecule has 0 bridgehead atoms. The first-order chi connectivity index (χ1) is 11.2. The van der Waals surface area contributed by atoms with E-state index in [9.17, 15) is 4.79 Å². The van der Waals surface area contributed by atoms with Gasteiger partial charge < -0.3 is 15.8 Å². The fraction of sp³-hybridized carbons (Fsp3) is 0.316. The SMILES string of the molecule is COc1ccc(NC(=O)CC2CCc3ccccc3C2)cc1N.Cl. The number of halogens is 1. The largest absolute Gasteiger partial charge is 0.495 e. The Morgan fingerprint density at radius 2 is 2.00 bits per heavy atom. The quantitative estimate of drug-likeness (QED) is 0.827. The van der Waals surface area contributed by atoms with Crippen LogP contribution in [0.5, 0.6) is 5.75 Å². The Bertz CT molecular complexity index is 718. The summed E-state index contributed by atoms with van der Waals surface area (Å²) < 4.78 is 5.12. The Morgan fingerprint density at radius 3 is 2.71 bits per heavy atom. The maximum atomic E-state index is 12.3. The van der Waals surface area contributed by atoms with Crippen LogP contribution in [0.3, 0.4) is 0 Å². The number of nitrogens with one attached hydrogen (secondary N) is 1. The van der Waals surface area contributed by atoms with Crippen molar-refractivity contribution < 1.29 is 9.53 Å². The summed E-state index contributed by atoms with van der Waals surface area (Å²) in [6, 6.07) is 13.8. The fourth-order valence-electron chi connectivity index (χ4n) is 3.23. The number of hydrogen-bond donors (Lipinski definition) is 2. The van der Waals surface area contributed by atoms with Crippen LogP contribution in [-0.2, 0) is 17.6 Å². The number of benzene rings is 2. The molecule has 5 heteroatoms. The maximum absolute atomic E-state index is 12.3. The predicted octanol–water partition coefficient (Wildman–Crippen LogP) is 3.83. The number of amides is 1. The molecule has 3 rings (SSSR count). The standard InChI is InChI=1S/C19H22N2O2.ClH/c1-23-18-9-8-16(12-17(18)20)21-19(22)11-13-6-7-14-4-2-3-5-15(14)10-13;/h2-5,8-9,12-13H,6-7,10-11,20H2,1H3,(H,21,22);1H. The van der Waals surface area contributed by atoms with Crippen molar-refractivity contribution in [2.45, 2.75) is 25.7 Å². The number of hydrogen-bond acceptors (Lipinski definition) is 3. The van der Waals surface area contributed by atoms with Crippen molar-refractivity contribution in [2.75, 3.05) is 18.2 Å². The zero-order valence-corrected chi connectivity index (χ0v) is 14.6. The van der Waals surface area contributed by atoms with Crippen LogP contribution in [0.4, 0.5) is 11.4 Å². The molecule has 2 aromatic carbocycles. The Balaban J connectivity index is 0.00000208. The number of ether oxygens (including phenoxy) is 1. The van der Waals surface area contributed by atoms with Gasteiger partial charge in [0.05, 0.1) is 12.8 Å². The van der Waals surface area contributed by atoms with E-state index in [0.29, 0.717) is 29.5 Å². The molecule has 0 spiro atoms. The van der Waals surface area contributed by atoms with Gasteiger partial charge in [-0.1, -0.05) is 24.3 Å². The van der Waals surface area contributed by atoms with Crippen molar-refractivity contribution >= 4 is 29.7 Å². The average Bonchev–Trinajstić information content (AvgIpc) is 2.55. The highest BCUT2D eigenvalue weighted by atomic mass is 35.5. The Morgan fingerprint density at radius 1 is 1.25 bits per heavy atom. The Hall–Kier alpha value is -2.20. The molecule has 3 N–H and O–H groups in total. The lowest BCUT2D eigenvalue weighted by Crippen LogP contribution is -2.21. The monoisotopic (exact) mass is 346 g/mol. The number of aryl methyl sites for hydroxylation is 1. The third-order valence-corrected chi connectivity index (χ3v) is 4.44. The van der Waals surface area contributed by atoms with Crippen LogP contribution in [0.25, 0.3) is 0 Å². The lowest BCUT2D eigenvalue weighted by atomic mass is 9.82. The lowest BCUT2D eigenvalue weighted by Gasteiger charge is -2.24. The van der Waals surface area contributed by atoms with E-state index in [-0.39, 0.29) is 18.3 Å². The third-order valence-electron chi connectivity index (χ3n) is 4.44. The average molecular weight is 347 g/mol. The summed E-state index contributed by atoms with van der Waals surface area (Å²) in [6.07, 6.45) is 3.65. The van der Waals surface area contributed by atoms with Gasteiger partial charge in [0.2, 0.25) is 5.91 Å². The van der Waals surface area contributed by atoms with Gasteiger partial charge in [-0.15, -0.1) is 12.4 Å². The van der Waals surface area contributed by atoms with E-state index < -0.39 is 0 Å². The van der Waals surface area contributed by atoms with E-state index in [2.05, 4.69) is 29.6 Å². The van der Waals surface area contributed by atoms with Crippen LogP contribution in [0.2, 0.25) is 0 Å². The molecule has 1 atom stereocenters. The number of methoxy groups -OCH3 is 1. The van der Waals surface area contributed by atoms with Gasteiger partial charge in [-0.25, -0.2) is 0 Å². The van der Waals surface area contributed by atoms with Gasteiger partial charge in [-0.2, -0.15) is 0 Å². The third kappa shape index (κ3) is 4.20. The minimum absolute atomic E-state index is 0. The van der Waals surface area contributed by atoms with Gasteiger partial charge in [-0.05, 0) is 54.5 Å². The van der Waals surface area contributed by atoms with Crippen molar-refractivity contribution in [1.29, 1.82) is 0 Å². The minimum Gasteiger partial charge on any atom is -0.495 e. The Labute approximate surface area is 148 Å². The van der Waals surface area contributed by atoms with Gasteiger partial charge in [-0.3, -0.25) is 4.79 Å². The number of carbonyl (C=O) groups excluding carboxylic acids is 1. The molecule has 2 aromatic rings. The lowest BCUT2D eigenvalue weighted by molar-refractivity contribution is -0.117. The number of nitrogens with two attached hydrogens (primary N) is 1. The molecular weight excluding hydrogens is 324 g/mol. The second-order valence-electron chi connectivity index (χ2n) is 6.09. The van der Waals surface area contributed by atoms with Gasteiger partial charge in [0.15, 0.2) is 0 Å². The number of rotatable bonds is 4. The summed E-state index contributed by atoms with van der Waals surface area (Å²) >= 11 is 0. The van der Waals surface area contributed by atoms with Gasteiger partial charge >= 0.3 is 0 Å². The molecule has 1 aliphatic carbocycles. The van der Waals surface area contributed by atoms with Crippen LogP contribution in [0.15, 0.2) is 42.5 Å². The first-order valence-corrected chi connectivity index (χ1v) is 7.96. The van der Waals surface area contributed by atoms with Crippen LogP contribution in [0, 0.1) is 5.92 Å². The maximum Gasteiger partial charge on any atom is 0.224 e. The molecule has 1 aliphatic rings. The highest BCUT2D eigenvalue weighted by Crippen LogP contribution is 2.28. The molecule has 0 saturated heterocycles. The van der Waals surface area contributed by atoms with E-state index in [1.54, 1.807) is 19.2 Å². The van der Waals surface area contributed by atoms with Gasteiger partial charge in [0, 0.05) is 12.1 Å². The van der Waals surface area contributed by atoms with E-state index in [1.165, 1.54) is 11.1 Å². The van der Waals surface area contributed by atoms with Crippen LogP contribution >= 0.6 is 12.4 Å². The summed E-state index contributed by atoms with van der Waals surface area (Å²) in [6.45, 7) is 0. The summed E-state index contributed by atoms with van der Waals surface area (Å²) in [4.78, 5) is 12.3. The number of fused-ring (bicyclic) bond motifs is 1. The molecule has 1 amide bonds. The van der Waals surface area contributed by atoms with E-state index in [0.717, 1.165) is 19.3 Å². The highest BCUT2D eigenvalue weighted by Gasteiger charge is 2.20. The van der Waals surface area contributed by atoms with Crippen LogP contribution in [-0.4, -0.2) is 13.0 Å². The topological polar surface area (TPSA) is 64.3 Å². The molecule has 24 heavy (non-hydrogen) atoms. The Kier molecular flexibility index (Phi) is 6.10.